The summed E-state index contributed by atoms with van der Waals surface area (Å²) >= 11 is 0. The molecule has 0 spiro atoms. The smallest absolute Gasteiger partial charge is 0.240 e. The van der Waals surface area contributed by atoms with Crippen LogP contribution >= 0.6 is 0 Å². The predicted molar refractivity (Wildman–Crippen MR) is 64.8 cm³/mol. The zero-order valence-corrected chi connectivity index (χ0v) is 10.6. The lowest BCUT2D eigenvalue weighted by molar-refractivity contribution is 0.562. The van der Waals surface area contributed by atoms with Crippen molar-refractivity contribution in [3.05, 3.63) is 29.3 Å². The maximum absolute atomic E-state index is 11.9. The van der Waals surface area contributed by atoms with Gasteiger partial charge in [0.1, 0.15) is 0 Å². The highest BCUT2D eigenvalue weighted by molar-refractivity contribution is 7.89. The first-order valence-corrected chi connectivity index (χ1v) is 6.65. The van der Waals surface area contributed by atoms with Gasteiger partial charge in [-0.25, -0.2) is 13.1 Å². The van der Waals surface area contributed by atoms with Gasteiger partial charge < -0.3 is 5.73 Å². The summed E-state index contributed by atoms with van der Waals surface area (Å²) in [6.45, 7) is 5.85. The maximum Gasteiger partial charge on any atom is 0.240 e. The van der Waals surface area contributed by atoms with Gasteiger partial charge in [-0.1, -0.05) is 6.07 Å². The van der Waals surface area contributed by atoms with Crippen LogP contribution in [0.15, 0.2) is 23.1 Å². The standard InChI is InChI=1S/C11H18N2O2S/c1-8-4-5-11(6-9(8)2)16(14,15)13-10(3)7-12/h4-6,10,13H,7,12H2,1-3H3/t10-/m0/s1. The predicted octanol–water partition coefficient (Wildman–Crippen LogP) is 0.929. The van der Waals surface area contributed by atoms with Crippen molar-refractivity contribution < 1.29 is 8.42 Å². The molecule has 1 rings (SSSR count). The quantitative estimate of drug-likeness (QED) is 0.825. The van der Waals surface area contributed by atoms with Crippen molar-refractivity contribution in [2.75, 3.05) is 6.54 Å². The second-order valence-corrected chi connectivity index (χ2v) is 5.72. The van der Waals surface area contributed by atoms with Gasteiger partial charge in [0.15, 0.2) is 0 Å². The minimum absolute atomic E-state index is 0.258. The third-order valence-electron chi connectivity index (χ3n) is 2.50. The van der Waals surface area contributed by atoms with Crippen LogP contribution in [0.2, 0.25) is 0 Å². The molecule has 0 amide bonds. The Morgan fingerprint density at radius 2 is 1.94 bits per heavy atom. The molecule has 0 aromatic heterocycles. The van der Waals surface area contributed by atoms with Gasteiger partial charge in [0.25, 0.3) is 0 Å². The molecule has 0 saturated heterocycles. The van der Waals surface area contributed by atoms with Crippen LogP contribution in [0.4, 0.5) is 0 Å². The lowest BCUT2D eigenvalue weighted by Gasteiger charge is -2.12. The largest absolute Gasteiger partial charge is 0.329 e. The zero-order chi connectivity index (χ0) is 12.3. The molecule has 4 nitrogen and oxygen atoms in total. The topological polar surface area (TPSA) is 72.2 Å². The van der Waals surface area contributed by atoms with Gasteiger partial charge in [-0.2, -0.15) is 0 Å². The van der Waals surface area contributed by atoms with E-state index in [0.717, 1.165) is 11.1 Å². The summed E-state index contributed by atoms with van der Waals surface area (Å²) in [6, 6.07) is 4.82. The number of benzene rings is 1. The van der Waals surface area contributed by atoms with Crippen LogP contribution < -0.4 is 10.5 Å². The van der Waals surface area contributed by atoms with Crippen LogP contribution in [0, 0.1) is 13.8 Å². The normalized spacial score (nSPS) is 13.8. The third kappa shape index (κ3) is 3.04. The van der Waals surface area contributed by atoms with E-state index >= 15 is 0 Å². The minimum Gasteiger partial charge on any atom is -0.329 e. The van der Waals surface area contributed by atoms with Crippen molar-refractivity contribution in [2.45, 2.75) is 31.7 Å². The van der Waals surface area contributed by atoms with E-state index in [1.54, 1.807) is 25.1 Å². The molecule has 1 aromatic carbocycles. The third-order valence-corrected chi connectivity index (χ3v) is 4.09. The number of rotatable bonds is 4. The van der Waals surface area contributed by atoms with Crippen molar-refractivity contribution >= 4 is 10.0 Å². The fourth-order valence-electron chi connectivity index (χ4n) is 1.26. The van der Waals surface area contributed by atoms with Crippen molar-refractivity contribution in [3.8, 4) is 0 Å². The van der Waals surface area contributed by atoms with Crippen LogP contribution in [0.3, 0.4) is 0 Å². The molecule has 0 aliphatic carbocycles. The van der Waals surface area contributed by atoms with Crippen molar-refractivity contribution in [3.63, 3.8) is 0 Å². The number of nitrogens with two attached hydrogens (primary N) is 1. The molecule has 0 saturated carbocycles. The van der Waals surface area contributed by atoms with Gasteiger partial charge in [0.05, 0.1) is 4.90 Å². The molecular weight excluding hydrogens is 224 g/mol. The lowest BCUT2D eigenvalue weighted by Crippen LogP contribution is -2.37. The monoisotopic (exact) mass is 242 g/mol. The molecule has 3 N–H and O–H groups in total. The molecular formula is C11H18N2O2S. The fraction of sp³-hybridized carbons (Fsp3) is 0.455. The summed E-state index contributed by atoms with van der Waals surface area (Å²) in [7, 11) is -3.44. The van der Waals surface area contributed by atoms with Crippen LogP contribution in [0.1, 0.15) is 18.1 Å². The lowest BCUT2D eigenvalue weighted by atomic mass is 10.1. The van der Waals surface area contributed by atoms with Gasteiger partial charge in [0.2, 0.25) is 10.0 Å². The van der Waals surface area contributed by atoms with Gasteiger partial charge >= 0.3 is 0 Å². The average molecular weight is 242 g/mol. The molecule has 0 radical (unpaired) electrons. The Morgan fingerprint density at radius 1 is 1.31 bits per heavy atom. The van der Waals surface area contributed by atoms with Crippen molar-refractivity contribution in [1.29, 1.82) is 0 Å². The van der Waals surface area contributed by atoms with Gasteiger partial charge in [-0.3, -0.25) is 0 Å². The van der Waals surface area contributed by atoms with E-state index in [1.165, 1.54) is 0 Å². The SMILES string of the molecule is Cc1ccc(S(=O)(=O)N[C@@H](C)CN)cc1C. The number of aryl methyl sites for hydroxylation is 2. The van der Waals surface area contributed by atoms with E-state index in [2.05, 4.69) is 4.72 Å². The zero-order valence-electron chi connectivity index (χ0n) is 9.82. The fourth-order valence-corrected chi connectivity index (χ4v) is 2.60. The number of nitrogens with one attached hydrogen (secondary N) is 1. The summed E-state index contributed by atoms with van der Waals surface area (Å²) in [4.78, 5) is 0.288. The number of hydrogen-bond acceptors (Lipinski definition) is 3. The highest BCUT2D eigenvalue weighted by atomic mass is 32.2. The highest BCUT2D eigenvalue weighted by Crippen LogP contribution is 2.14. The van der Waals surface area contributed by atoms with Crippen molar-refractivity contribution in [2.24, 2.45) is 5.73 Å². The molecule has 0 aliphatic heterocycles. The molecule has 1 atom stereocenters. The molecule has 0 unspecified atom stereocenters. The average Bonchev–Trinajstić information content (AvgIpc) is 2.21. The molecule has 5 heteroatoms. The summed E-state index contributed by atoms with van der Waals surface area (Å²) in [6.07, 6.45) is 0. The van der Waals surface area contributed by atoms with E-state index < -0.39 is 10.0 Å². The Balaban J connectivity index is 3.03. The molecule has 16 heavy (non-hydrogen) atoms. The first-order valence-electron chi connectivity index (χ1n) is 5.16. The van der Waals surface area contributed by atoms with Crippen LogP contribution in [0.25, 0.3) is 0 Å². The molecule has 90 valence electrons. The van der Waals surface area contributed by atoms with Crippen LogP contribution in [-0.4, -0.2) is 21.0 Å². The molecule has 0 fully saturated rings. The molecule has 0 heterocycles. The van der Waals surface area contributed by atoms with Crippen molar-refractivity contribution in [1.82, 2.24) is 4.72 Å². The summed E-state index contributed by atoms with van der Waals surface area (Å²) in [5.41, 5.74) is 7.42. The minimum atomic E-state index is -3.44. The van der Waals surface area contributed by atoms with E-state index in [1.807, 2.05) is 13.8 Å². The summed E-state index contributed by atoms with van der Waals surface area (Å²) in [5.74, 6) is 0. The van der Waals surface area contributed by atoms with Crippen LogP contribution in [0.5, 0.6) is 0 Å². The Hall–Kier alpha value is -0.910. The van der Waals surface area contributed by atoms with Gasteiger partial charge in [-0.15, -0.1) is 0 Å². The second-order valence-electron chi connectivity index (χ2n) is 4.00. The summed E-state index contributed by atoms with van der Waals surface area (Å²) < 4.78 is 26.3. The van der Waals surface area contributed by atoms with Crippen LogP contribution in [-0.2, 0) is 10.0 Å². The highest BCUT2D eigenvalue weighted by Gasteiger charge is 2.16. The molecule has 0 bridgehead atoms. The maximum atomic E-state index is 11.9. The van der Waals surface area contributed by atoms with E-state index in [0.29, 0.717) is 0 Å². The van der Waals surface area contributed by atoms with E-state index in [-0.39, 0.29) is 17.5 Å². The summed E-state index contributed by atoms with van der Waals surface area (Å²) in [5, 5.41) is 0. The Kier molecular flexibility index (Phi) is 4.07. The van der Waals surface area contributed by atoms with Gasteiger partial charge in [0, 0.05) is 12.6 Å². The van der Waals surface area contributed by atoms with Gasteiger partial charge in [-0.05, 0) is 44.0 Å². The first-order chi connectivity index (χ1) is 7.36. The first kappa shape index (κ1) is 13.2. The Morgan fingerprint density at radius 3 is 2.44 bits per heavy atom. The second kappa shape index (κ2) is 4.95. The van der Waals surface area contributed by atoms with E-state index in [4.69, 9.17) is 5.73 Å². The van der Waals surface area contributed by atoms with E-state index in [9.17, 15) is 8.42 Å². The Bertz CT molecular complexity index is 469. The Labute approximate surface area is 96.9 Å². The number of hydrogen-bond donors (Lipinski definition) is 2. The molecule has 1 aromatic rings. The molecule has 0 aliphatic rings. The number of sulfonamides is 1.